The van der Waals surface area contributed by atoms with Gasteiger partial charge in [0.1, 0.15) is 0 Å². The molecule has 96 valence electrons. The first-order valence-corrected chi connectivity index (χ1v) is 6.45. The van der Waals surface area contributed by atoms with Gasteiger partial charge in [-0.25, -0.2) is 0 Å². The van der Waals surface area contributed by atoms with Gasteiger partial charge in [-0.3, -0.25) is 4.79 Å². The second-order valence-electron chi connectivity index (χ2n) is 4.51. The third kappa shape index (κ3) is 1.80. The van der Waals surface area contributed by atoms with Crippen LogP contribution in [0, 0.1) is 6.92 Å². The highest BCUT2D eigenvalue weighted by Crippen LogP contribution is 2.25. The van der Waals surface area contributed by atoms with Gasteiger partial charge in [0.25, 0.3) is 5.91 Å². The summed E-state index contributed by atoms with van der Waals surface area (Å²) in [6.07, 6.45) is 0. The Balaban J connectivity index is 2.64. The normalized spacial score (nSPS) is 10.9. The lowest BCUT2D eigenvalue weighted by molar-refractivity contribution is 0.0774. The zero-order chi connectivity index (χ0) is 13.3. The fourth-order valence-corrected chi connectivity index (χ4v) is 2.46. The molecule has 0 saturated carbocycles. The molecule has 18 heavy (non-hydrogen) atoms. The maximum absolute atomic E-state index is 12.6. The highest BCUT2D eigenvalue weighted by molar-refractivity contribution is 6.08. The standard InChI is InChI=1S/C15H20N2O/c1-5-17(6-2)15(18)14-11(3)16(4)13-10-8-7-9-12(13)14/h7-10H,5-6H2,1-4H3. The van der Waals surface area contributed by atoms with Gasteiger partial charge < -0.3 is 9.47 Å². The topological polar surface area (TPSA) is 25.2 Å². The Morgan fingerprint density at radius 3 is 2.44 bits per heavy atom. The quantitative estimate of drug-likeness (QED) is 0.815. The van der Waals surface area contributed by atoms with Crippen LogP contribution < -0.4 is 0 Å². The van der Waals surface area contributed by atoms with E-state index in [1.807, 2.05) is 50.9 Å². The van der Waals surface area contributed by atoms with Gasteiger partial charge >= 0.3 is 0 Å². The lowest BCUT2D eigenvalue weighted by atomic mass is 10.1. The molecule has 1 amide bonds. The second kappa shape index (κ2) is 4.84. The minimum atomic E-state index is 0.134. The number of carbonyl (C=O) groups excluding carboxylic acids is 1. The first kappa shape index (κ1) is 12.7. The molecule has 0 aliphatic heterocycles. The number of hydrogen-bond donors (Lipinski definition) is 0. The van der Waals surface area contributed by atoms with E-state index in [9.17, 15) is 4.79 Å². The molecule has 2 aromatic rings. The smallest absolute Gasteiger partial charge is 0.256 e. The van der Waals surface area contributed by atoms with Crippen molar-refractivity contribution in [1.29, 1.82) is 0 Å². The van der Waals surface area contributed by atoms with Gasteiger partial charge in [-0.15, -0.1) is 0 Å². The van der Waals surface area contributed by atoms with E-state index in [1.165, 1.54) is 0 Å². The monoisotopic (exact) mass is 244 g/mol. The maximum atomic E-state index is 12.6. The van der Waals surface area contributed by atoms with Crippen LogP contribution in [0.25, 0.3) is 10.9 Å². The van der Waals surface area contributed by atoms with Crippen molar-refractivity contribution in [3.8, 4) is 0 Å². The van der Waals surface area contributed by atoms with E-state index in [0.29, 0.717) is 0 Å². The Morgan fingerprint density at radius 1 is 1.22 bits per heavy atom. The Morgan fingerprint density at radius 2 is 1.83 bits per heavy atom. The Bertz CT molecular complexity index is 579. The molecule has 1 aromatic carbocycles. The predicted molar refractivity (Wildman–Crippen MR) is 74.9 cm³/mol. The first-order chi connectivity index (χ1) is 8.61. The second-order valence-corrected chi connectivity index (χ2v) is 4.51. The summed E-state index contributed by atoms with van der Waals surface area (Å²) in [5, 5.41) is 1.05. The largest absolute Gasteiger partial charge is 0.347 e. The van der Waals surface area contributed by atoms with E-state index in [0.717, 1.165) is 35.2 Å². The van der Waals surface area contributed by atoms with Crippen LogP contribution in [0.2, 0.25) is 0 Å². The number of fused-ring (bicyclic) bond motifs is 1. The number of hydrogen-bond acceptors (Lipinski definition) is 1. The molecule has 0 radical (unpaired) electrons. The molecule has 0 N–H and O–H groups in total. The summed E-state index contributed by atoms with van der Waals surface area (Å²) in [7, 11) is 2.01. The lowest BCUT2D eigenvalue weighted by Gasteiger charge is -2.18. The molecule has 0 bridgehead atoms. The van der Waals surface area contributed by atoms with Gasteiger partial charge in [-0.2, -0.15) is 0 Å². The number of amides is 1. The van der Waals surface area contributed by atoms with Gasteiger partial charge in [0.15, 0.2) is 0 Å². The van der Waals surface area contributed by atoms with Crippen molar-refractivity contribution in [2.24, 2.45) is 7.05 Å². The Labute approximate surface area is 108 Å². The van der Waals surface area contributed by atoms with E-state index in [4.69, 9.17) is 0 Å². The Hall–Kier alpha value is -1.77. The van der Waals surface area contributed by atoms with Crippen LogP contribution in [0.3, 0.4) is 0 Å². The molecule has 0 atom stereocenters. The van der Waals surface area contributed by atoms with Gasteiger partial charge in [0.2, 0.25) is 0 Å². The number of aromatic nitrogens is 1. The van der Waals surface area contributed by atoms with Crippen molar-refractivity contribution >= 4 is 16.8 Å². The highest BCUT2D eigenvalue weighted by Gasteiger charge is 2.21. The van der Waals surface area contributed by atoms with Crippen LogP contribution in [0.4, 0.5) is 0 Å². The minimum absolute atomic E-state index is 0.134. The summed E-state index contributed by atoms with van der Waals surface area (Å²) in [6, 6.07) is 8.08. The van der Waals surface area contributed by atoms with Crippen molar-refractivity contribution in [1.82, 2.24) is 9.47 Å². The van der Waals surface area contributed by atoms with Crippen LogP contribution in [0.5, 0.6) is 0 Å². The summed E-state index contributed by atoms with van der Waals surface area (Å²) in [4.78, 5) is 14.4. The van der Waals surface area contributed by atoms with Gasteiger partial charge in [0.05, 0.1) is 5.56 Å². The van der Waals surface area contributed by atoms with Gasteiger partial charge in [-0.05, 0) is 26.8 Å². The first-order valence-electron chi connectivity index (χ1n) is 6.45. The average Bonchev–Trinajstić information content (AvgIpc) is 2.64. The molecule has 0 spiro atoms. The number of aryl methyl sites for hydroxylation is 1. The minimum Gasteiger partial charge on any atom is -0.347 e. The number of para-hydroxylation sites is 1. The molecular formula is C15H20N2O. The molecule has 0 unspecified atom stereocenters. The van der Waals surface area contributed by atoms with Crippen LogP contribution in [0.1, 0.15) is 29.9 Å². The maximum Gasteiger partial charge on any atom is 0.256 e. The van der Waals surface area contributed by atoms with Gasteiger partial charge in [0, 0.05) is 36.7 Å². The van der Waals surface area contributed by atoms with E-state index in [2.05, 4.69) is 10.6 Å². The van der Waals surface area contributed by atoms with Crippen molar-refractivity contribution in [3.63, 3.8) is 0 Å². The zero-order valence-electron chi connectivity index (χ0n) is 11.5. The highest BCUT2D eigenvalue weighted by atomic mass is 16.2. The number of rotatable bonds is 3. The Kier molecular flexibility index (Phi) is 3.41. The molecular weight excluding hydrogens is 224 g/mol. The molecule has 3 nitrogen and oxygen atoms in total. The SMILES string of the molecule is CCN(CC)C(=O)c1c(C)n(C)c2ccccc12. The number of nitrogens with zero attached hydrogens (tertiary/aromatic N) is 2. The van der Waals surface area contributed by atoms with Crippen molar-refractivity contribution < 1.29 is 4.79 Å². The third-order valence-electron chi connectivity index (χ3n) is 3.66. The summed E-state index contributed by atoms with van der Waals surface area (Å²) in [5.41, 5.74) is 3.00. The average molecular weight is 244 g/mol. The van der Waals surface area contributed by atoms with E-state index >= 15 is 0 Å². The van der Waals surface area contributed by atoms with E-state index in [-0.39, 0.29) is 5.91 Å². The third-order valence-corrected chi connectivity index (χ3v) is 3.66. The molecule has 0 fully saturated rings. The van der Waals surface area contributed by atoms with Crippen LogP contribution in [-0.4, -0.2) is 28.5 Å². The number of carbonyl (C=O) groups is 1. The number of benzene rings is 1. The van der Waals surface area contributed by atoms with Crippen molar-refractivity contribution in [2.45, 2.75) is 20.8 Å². The molecule has 0 aliphatic rings. The fourth-order valence-electron chi connectivity index (χ4n) is 2.46. The lowest BCUT2D eigenvalue weighted by Crippen LogP contribution is -2.30. The molecule has 0 aliphatic carbocycles. The summed E-state index contributed by atoms with van der Waals surface area (Å²) in [6.45, 7) is 7.54. The summed E-state index contributed by atoms with van der Waals surface area (Å²) >= 11 is 0. The summed E-state index contributed by atoms with van der Waals surface area (Å²) < 4.78 is 2.09. The molecule has 3 heteroatoms. The molecule has 1 heterocycles. The van der Waals surface area contributed by atoms with Crippen LogP contribution >= 0.6 is 0 Å². The van der Waals surface area contributed by atoms with Gasteiger partial charge in [-0.1, -0.05) is 18.2 Å². The fraction of sp³-hybridized carbons (Fsp3) is 0.400. The van der Waals surface area contributed by atoms with E-state index < -0.39 is 0 Å². The van der Waals surface area contributed by atoms with E-state index in [1.54, 1.807) is 0 Å². The molecule has 1 aromatic heterocycles. The zero-order valence-corrected chi connectivity index (χ0v) is 11.5. The predicted octanol–water partition coefficient (Wildman–Crippen LogP) is 2.97. The van der Waals surface area contributed by atoms with Crippen LogP contribution in [0.15, 0.2) is 24.3 Å². The molecule has 0 saturated heterocycles. The van der Waals surface area contributed by atoms with Crippen molar-refractivity contribution in [2.75, 3.05) is 13.1 Å². The van der Waals surface area contributed by atoms with Crippen molar-refractivity contribution in [3.05, 3.63) is 35.5 Å². The summed E-state index contributed by atoms with van der Waals surface area (Å²) in [5.74, 6) is 0.134. The van der Waals surface area contributed by atoms with Crippen LogP contribution in [-0.2, 0) is 7.05 Å². The molecule has 2 rings (SSSR count).